The molecule has 0 amide bonds. The monoisotopic (exact) mass is 192 g/mol. The van der Waals surface area contributed by atoms with Crippen molar-refractivity contribution in [3.05, 3.63) is 0 Å². The number of rotatable bonds is 3. The van der Waals surface area contributed by atoms with Gasteiger partial charge in [0.1, 0.15) is 0 Å². The Morgan fingerprint density at radius 1 is 1.50 bits per heavy atom. The van der Waals surface area contributed by atoms with E-state index in [-0.39, 0.29) is 12.4 Å². The van der Waals surface area contributed by atoms with E-state index in [4.69, 9.17) is 0 Å². The van der Waals surface area contributed by atoms with Gasteiger partial charge in [-0.15, -0.1) is 12.4 Å². The van der Waals surface area contributed by atoms with Crippen LogP contribution >= 0.6 is 12.4 Å². The van der Waals surface area contributed by atoms with E-state index in [1.807, 2.05) is 0 Å². The zero-order chi connectivity index (χ0) is 8.27. The lowest BCUT2D eigenvalue weighted by Crippen LogP contribution is -2.26. The van der Waals surface area contributed by atoms with Gasteiger partial charge in [-0.25, -0.2) is 0 Å². The van der Waals surface area contributed by atoms with Crippen LogP contribution in [0.3, 0.4) is 0 Å². The molecule has 2 nitrogen and oxygen atoms in total. The Kier molecular flexibility index (Phi) is 5.89. The Morgan fingerprint density at radius 2 is 2.17 bits per heavy atom. The van der Waals surface area contributed by atoms with Crippen molar-refractivity contribution in [3.8, 4) is 0 Å². The van der Waals surface area contributed by atoms with Gasteiger partial charge in [0.15, 0.2) is 0 Å². The maximum Gasteiger partial charge on any atom is 0.000405 e. The largest absolute Gasteiger partial charge is 0.316 e. The van der Waals surface area contributed by atoms with Crippen LogP contribution in [0.25, 0.3) is 0 Å². The highest BCUT2D eigenvalue weighted by atomic mass is 35.5. The topological polar surface area (TPSA) is 15.3 Å². The minimum Gasteiger partial charge on any atom is -0.316 e. The Balaban J connectivity index is 0.00000121. The number of halogens is 1. The van der Waals surface area contributed by atoms with Crippen molar-refractivity contribution in [1.29, 1.82) is 0 Å². The Hall–Kier alpha value is 0.210. The number of hydrogen-bond acceptors (Lipinski definition) is 2. The maximum absolute atomic E-state index is 3.41. The van der Waals surface area contributed by atoms with Gasteiger partial charge in [-0.05, 0) is 45.4 Å². The standard InChI is InChI=1S/C9H20N2.ClH/c1-8(7-11(2)3)9-4-5-10-6-9;/h8-10H,4-7H2,1-3H3;1H. The summed E-state index contributed by atoms with van der Waals surface area (Å²) >= 11 is 0. The van der Waals surface area contributed by atoms with E-state index < -0.39 is 0 Å². The van der Waals surface area contributed by atoms with Crippen molar-refractivity contribution in [1.82, 2.24) is 10.2 Å². The molecule has 1 rings (SSSR count). The molecule has 1 saturated heterocycles. The summed E-state index contributed by atoms with van der Waals surface area (Å²) in [7, 11) is 4.30. The van der Waals surface area contributed by atoms with Gasteiger partial charge in [0, 0.05) is 6.54 Å². The summed E-state index contributed by atoms with van der Waals surface area (Å²) in [6.07, 6.45) is 1.37. The molecule has 2 unspecified atom stereocenters. The summed E-state index contributed by atoms with van der Waals surface area (Å²) in [5, 5.41) is 3.41. The van der Waals surface area contributed by atoms with Gasteiger partial charge in [-0.1, -0.05) is 6.92 Å². The molecule has 12 heavy (non-hydrogen) atoms. The normalized spacial score (nSPS) is 25.5. The predicted molar refractivity (Wildman–Crippen MR) is 55.9 cm³/mol. The van der Waals surface area contributed by atoms with Crippen molar-refractivity contribution in [3.63, 3.8) is 0 Å². The molecule has 1 aliphatic rings. The number of hydrogen-bond donors (Lipinski definition) is 1. The lowest BCUT2D eigenvalue weighted by Gasteiger charge is -2.21. The highest BCUT2D eigenvalue weighted by Crippen LogP contribution is 2.18. The van der Waals surface area contributed by atoms with E-state index in [2.05, 4.69) is 31.2 Å². The van der Waals surface area contributed by atoms with E-state index in [1.165, 1.54) is 26.1 Å². The van der Waals surface area contributed by atoms with Gasteiger partial charge in [0.2, 0.25) is 0 Å². The van der Waals surface area contributed by atoms with Gasteiger partial charge < -0.3 is 10.2 Å². The average molecular weight is 193 g/mol. The molecule has 0 aromatic heterocycles. The zero-order valence-corrected chi connectivity index (χ0v) is 9.16. The second-order valence-corrected chi connectivity index (χ2v) is 3.99. The Labute approximate surface area is 82.1 Å². The molecule has 3 heteroatoms. The van der Waals surface area contributed by atoms with Crippen LogP contribution in [0.2, 0.25) is 0 Å². The SMILES string of the molecule is CC(CN(C)C)C1CCNC1.Cl. The zero-order valence-electron chi connectivity index (χ0n) is 8.34. The summed E-state index contributed by atoms with van der Waals surface area (Å²) in [5.74, 6) is 1.76. The molecule has 0 spiro atoms. The van der Waals surface area contributed by atoms with Crippen LogP contribution in [-0.2, 0) is 0 Å². The van der Waals surface area contributed by atoms with Crippen LogP contribution in [-0.4, -0.2) is 38.6 Å². The minimum atomic E-state index is 0. The van der Waals surface area contributed by atoms with E-state index in [0.717, 1.165) is 11.8 Å². The second kappa shape index (κ2) is 5.79. The fourth-order valence-corrected chi connectivity index (χ4v) is 1.89. The average Bonchev–Trinajstić information content (AvgIpc) is 2.35. The van der Waals surface area contributed by atoms with E-state index in [0.29, 0.717) is 0 Å². The molecule has 0 aliphatic carbocycles. The molecule has 1 aliphatic heterocycles. The molecule has 0 aromatic rings. The van der Waals surface area contributed by atoms with Gasteiger partial charge in [-0.2, -0.15) is 0 Å². The Bertz CT molecular complexity index is 111. The molecule has 1 fully saturated rings. The fourth-order valence-electron chi connectivity index (χ4n) is 1.89. The summed E-state index contributed by atoms with van der Waals surface area (Å²) in [4.78, 5) is 2.28. The van der Waals surface area contributed by atoms with Crippen LogP contribution in [0.4, 0.5) is 0 Å². The first kappa shape index (κ1) is 12.2. The number of nitrogens with one attached hydrogen (secondary N) is 1. The summed E-state index contributed by atoms with van der Waals surface area (Å²) in [6, 6.07) is 0. The third-order valence-corrected chi connectivity index (χ3v) is 2.56. The molecule has 0 bridgehead atoms. The molecule has 2 atom stereocenters. The van der Waals surface area contributed by atoms with Crippen LogP contribution in [0.5, 0.6) is 0 Å². The molecule has 0 aromatic carbocycles. The van der Waals surface area contributed by atoms with Crippen molar-refractivity contribution in [2.24, 2.45) is 11.8 Å². The van der Waals surface area contributed by atoms with Gasteiger partial charge in [0.05, 0.1) is 0 Å². The summed E-state index contributed by atoms with van der Waals surface area (Å²) in [5.41, 5.74) is 0. The van der Waals surface area contributed by atoms with E-state index in [9.17, 15) is 0 Å². The molecule has 0 saturated carbocycles. The molecule has 74 valence electrons. The highest BCUT2D eigenvalue weighted by molar-refractivity contribution is 5.85. The molecule has 1 heterocycles. The predicted octanol–water partition coefficient (Wildman–Crippen LogP) is 1.22. The van der Waals surface area contributed by atoms with E-state index >= 15 is 0 Å². The first-order valence-electron chi connectivity index (χ1n) is 4.55. The molecule has 1 N–H and O–H groups in total. The summed E-state index contributed by atoms with van der Waals surface area (Å²) in [6.45, 7) is 6.04. The van der Waals surface area contributed by atoms with Crippen LogP contribution < -0.4 is 5.32 Å². The highest BCUT2D eigenvalue weighted by Gasteiger charge is 2.20. The van der Waals surface area contributed by atoms with Gasteiger partial charge in [-0.3, -0.25) is 0 Å². The first-order chi connectivity index (χ1) is 5.20. The van der Waals surface area contributed by atoms with Crippen molar-refractivity contribution in [2.75, 3.05) is 33.7 Å². The lowest BCUT2D eigenvalue weighted by molar-refractivity contribution is 0.275. The van der Waals surface area contributed by atoms with Crippen molar-refractivity contribution < 1.29 is 0 Å². The van der Waals surface area contributed by atoms with Gasteiger partial charge >= 0.3 is 0 Å². The summed E-state index contributed by atoms with van der Waals surface area (Å²) < 4.78 is 0. The van der Waals surface area contributed by atoms with Crippen LogP contribution in [0.1, 0.15) is 13.3 Å². The first-order valence-corrected chi connectivity index (χ1v) is 4.55. The molecule has 0 radical (unpaired) electrons. The van der Waals surface area contributed by atoms with Crippen molar-refractivity contribution in [2.45, 2.75) is 13.3 Å². The molecular formula is C9H21ClN2. The quantitative estimate of drug-likeness (QED) is 0.724. The second-order valence-electron chi connectivity index (χ2n) is 3.99. The smallest absolute Gasteiger partial charge is 0.000405 e. The van der Waals surface area contributed by atoms with Crippen LogP contribution in [0.15, 0.2) is 0 Å². The fraction of sp³-hybridized carbons (Fsp3) is 1.00. The number of nitrogens with zero attached hydrogens (tertiary/aromatic N) is 1. The van der Waals surface area contributed by atoms with Crippen LogP contribution in [0, 0.1) is 11.8 Å². The third-order valence-electron chi connectivity index (χ3n) is 2.56. The Morgan fingerprint density at radius 3 is 2.58 bits per heavy atom. The van der Waals surface area contributed by atoms with Crippen molar-refractivity contribution >= 4 is 12.4 Å². The lowest BCUT2D eigenvalue weighted by atomic mass is 9.93. The maximum atomic E-state index is 3.41. The molecular weight excluding hydrogens is 172 g/mol. The third kappa shape index (κ3) is 3.74. The van der Waals surface area contributed by atoms with E-state index in [1.54, 1.807) is 0 Å². The van der Waals surface area contributed by atoms with Gasteiger partial charge in [0.25, 0.3) is 0 Å². The minimum absolute atomic E-state index is 0.